The normalized spacial score (nSPS) is 23.6. The topological polar surface area (TPSA) is 38.0 Å². The van der Waals surface area contributed by atoms with Gasteiger partial charge in [0.1, 0.15) is 0 Å². The van der Waals surface area contributed by atoms with Crippen LogP contribution in [0.3, 0.4) is 0 Å². The van der Waals surface area contributed by atoms with E-state index in [9.17, 15) is 0 Å². The van der Waals surface area contributed by atoms with Crippen LogP contribution >= 0.6 is 0 Å². The van der Waals surface area contributed by atoms with Gasteiger partial charge in [-0.05, 0) is 75.3 Å². The Morgan fingerprint density at radius 1 is 1.29 bits per heavy atom. The molecule has 0 aromatic heterocycles. The Bertz CT molecular complexity index is 219. The maximum absolute atomic E-state index is 5.63. The Morgan fingerprint density at radius 3 is 2.59 bits per heavy atom. The van der Waals surface area contributed by atoms with Gasteiger partial charge in [0.25, 0.3) is 0 Å². The molecule has 2 aliphatic carbocycles. The molecule has 1 atom stereocenters. The van der Waals surface area contributed by atoms with E-state index in [1.807, 2.05) is 0 Å². The quantitative estimate of drug-likeness (QED) is 0.574. The average Bonchev–Trinajstić information content (AvgIpc) is 3.17. The molecule has 0 spiro atoms. The van der Waals surface area contributed by atoms with Gasteiger partial charge in [-0.2, -0.15) is 0 Å². The van der Waals surface area contributed by atoms with Crippen molar-refractivity contribution in [2.75, 3.05) is 19.6 Å². The second kappa shape index (κ2) is 6.19. The Kier molecular flexibility index (Phi) is 4.87. The minimum absolute atomic E-state index is 0.765. The van der Waals surface area contributed by atoms with Crippen molar-refractivity contribution in [1.82, 2.24) is 5.32 Å². The fourth-order valence-electron chi connectivity index (χ4n) is 3.23. The van der Waals surface area contributed by atoms with Crippen LogP contribution in [-0.2, 0) is 0 Å². The van der Waals surface area contributed by atoms with E-state index in [-0.39, 0.29) is 0 Å². The molecule has 2 heteroatoms. The van der Waals surface area contributed by atoms with E-state index in [2.05, 4.69) is 12.2 Å². The molecule has 3 N–H and O–H groups in total. The molecule has 0 saturated heterocycles. The minimum atomic E-state index is 0.765. The molecule has 0 aromatic carbocycles. The molecular weight excluding hydrogens is 208 g/mol. The summed E-state index contributed by atoms with van der Waals surface area (Å²) in [5, 5.41) is 3.70. The molecule has 0 aliphatic heterocycles. The van der Waals surface area contributed by atoms with Gasteiger partial charge in [0.15, 0.2) is 0 Å². The zero-order valence-corrected chi connectivity index (χ0v) is 11.5. The van der Waals surface area contributed by atoms with Gasteiger partial charge >= 0.3 is 0 Å². The summed E-state index contributed by atoms with van der Waals surface area (Å²) in [6, 6.07) is 0. The van der Waals surface area contributed by atoms with Crippen molar-refractivity contribution in [3.63, 3.8) is 0 Å². The molecule has 0 amide bonds. The zero-order chi connectivity index (χ0) is 12.1. The summed E-state index contributed by atoms with van der Waals surface area (Å²) in [6.07, 6.45) is 11.2. The van der Waals surface area contributed by atoms with Crippen molar-refractivity contribution in [3.8, 4) is 0 Å². The standard InChI is InChI=1S/C15H30N2/c1-2-13(7-10-16)4-3-11-17-12-15(8-9-15)14-5-6-14/h13-14,17H,2-12,16H2,1H3. The van der Waals surface area contributed by atoms with Gasteiger partial charge in [0.05, 0.1) is 0 Å². The van der Waals surface area contributed by atoms with E-state index >= 15 is 0 Å². The molecule has 0 radical (unpaired) electrons. The van der Waals surface area contributed by atoms with Crippen LogP contribution < -0.4 is 11.1 Å². The highest BCUT2D eigenvalue weighted by molar-refractivity contribution is 5.04. The second-order valence-electron chi connectivity index (χ2n) is 6.31. The lowest BCUT2D eigenvalue weighted by molar-refractivity contribution is 0.383. The first-order chi connectivity index (χ1) is 8.30. The van der Waals surface area contributed by atoms with Crippen LogP contribution in [0.2, 0.25) is 0 Å². The summed E-state index contributed by atoms with van der Waals surface area (Å²) in [7, 11) is 0. The number of hydrogen-bond acceptors (Lipinski definition) is 2. The Hall–Kier alpha value is -0.0800. The van der Waals surface area contributed by atoms with E-state index in [4.69, 9.17) is 5.73 Å². The summed E-state index contributed by atoms with van der Waals surface area (Å²) in [4.78, 5) is 0. The van der Waals surface area contributed by atoms with Crippen molar-refractivity contribution < 1.29 is 0 Å². The van der Waals surface area contributed by atoms with E-state index in [1.54, 1.807) is 0 Å². The summed E-state index contributed by atoms with van der Waals surface area (Å²) in [6.45, 7) is 5.66. The molecule has 0 aromatic rings. The molecule has 0 bridgehead atoms. The lowest BCUT2D eigenvalue weighted by atomic mass is 9.96. The van der Waals surface area contributed by atoms with E-state index in [1.165, 1.54) is 64.5 Å². The highest BCUT2D eigenvalue weighted by Gasteiger charge is 2.52. The molecular formula is C15H30N2. The number of rotatable bonds is 10. The Labute approximate surface area is 107 Å². The third kappa shape index (κ3) is 3.96. The number of nitrogens with two attached hydrogens (primary N) is 1. The smallest absolute Gasteiger partial charge is 0.00105 e. The summed E-state index contributed by atoms with van der Waals surface area (Å²) >= 11 is 0. The van der Waals surface area contributed by atoms with Crippen LogP contribution in [0.5, 0.6) is 0 Å². The molecule has 2 fully saturated rings. The lowest BCUT2D eigenvalue weighted by Crippen LogP contribution is -2.26. The van der Waals surface area contributed by atoms with Gasteiger partial charge in [-0.1, -0.05) is 13.3 Å². The molecule has 1 unspecified atom stereocenters. The second-order valence-corrected chi connectivity index (χ2v) is 6.31. The van der Waals surface area contributed by atoms with Crippen LogP contribution in [0.25, 0.3) is 0 Å². The summed E-state index contributed by atoms with van der Waals surface area (Å²) < 4.78 is 0. The van der Waals surface area contributed by atoms with Crippen molar-refractivity contribution in [2.45, 2.75) is 58.3 Å². The van der Waals surface area contributed by atoms with Crippen molar-refractivity contribution in [3.05, 3.63) is 0 Å². The predicted octanol–water partition coefficient (Wildman–Crippen LogP) is 2.92. The Morgan fingerprint density at radius 2 is 2.06 bits per heavy atom. The predicted molar refractivity (Wildman–Crippen MR) is 73.9 cm³/mol. The SMILES string of the molecule is CCC(CCN)CCCNCC1(C2CC2)CC1. The fourth-order valence-corrected chi connectivity index (χ4v) is 3.23. The largest absolute Gasteiger partial charge is 0.330 e. The number of nitrogens with one attached hydrogen (secondary N) is 1. The van der Waals surface area contributed by atoms with Crippen LogP contribution in [0.15, 0.2) is 0 Å². The van der Waals surface area contributed by atoms with Gasteiger partial charge < -0.3 is 11.1 Å². The minimum Gasteiger partial charge on any atom is -0.330 e. The molecule has 2 aliphatic rings. The zero-order valence-electron chi connectivity index (χ0n) is 11.5. The van der Waals surface area contributed by atoms with Crippen molar-refractivity contribution in [2.24, 2.45) is 23.0 Å². The van der Waals surface area contributed by atoms with Crippen molar-refractivity contribution in [1.29, 1.82) is 0 Å². The molecule has 0 heterocycles. The fraction of sp³-hybridized carbons (Fsp3) is 1.00. The molecule has 100 valence electrons. The van der Waals surface area contributed by atoms with Crippen LogP contribution in [0.4, 0.5) is 0 Å². The third-order valence-electron chi connectivity index (χ3n) is 4.93. The van der Waals surface area contributed by atoms with E-state index in [0.717, 1.165) is 23.8 Å². The molecule has 17 heavy (non-hydrogen) atoms. The highest BCUT2D eigenvalue weighted by Crippen LogP contribution is 2.60. The number of hydrogen-bond donors (Lipinski definition) is 2. The lowest BCUT2D eigenvalue weighted by Gasteiger charge is -2.16. The van der Waals surface area contributed by atoms with Gasteiger partial charge in [-0.3, -0.25) is 0 Å². The van der Waals surface area contributed by atoms with Gasteiger partial charge in [0.2, 0.25) is 0 Å². The molecule has 2 nitrogen and oxygen atoms in total. The van der Waals surface area contributed by atoms with Crippen LogP contribution in [0, 0.1) is 17.3 Å². The average molecular weight is 238 g/mol. The van der Waals surface area contributed by atoms with Crippen LogP contribution in [-0.4, -0.2) is 19.6 Å². The van der Waals surface area contributed by atoms with Crippen LogP contribution in [0.1, 0.15) is 58.3 Å². The van der Waals surface area contributed by atoms with Gasteiger partial charge in [-0.25, -0.2) is 0 Å². The molecule has 2 saturated carbocycles. The summed E-state index contributed by atoms with van der Waals surface area (Å²) in [5.74, 6) is 1.95. The van der Waals surface area contributed by atoms with Gasteiger partial charge in [0, 0.05) is 6.54 Å². The van der Waals surface area contributed by atoms with E-state index < -0.39 is 0 Å². The highest BCUT2D eigenvalue weighted by atomic mass is 14.9. The first kappa shape index (κ1) is 13.4. The van der Waals surface area contributed by atoms with E-state index in [0.29, 0.717) is 0 Å². The first-order valence-corrected chi connectivity index (χ1v) is 7.71. The third-order valence-corrected chi connectivity index (χ3v) is 4.93. The molecule has 2 rings (SSSR count). The first-order valence-electron chi connectivity index (χ1n) is 7.71. The Balaban J connectivity index is 1.48. The van der Waals surface area contributed by atoms with Gasteiger partial charge in [-0.15, -0.1) is 0 Å². The van der Waals surface area contributed by atoms with Crippen molar-refractivity contribution >= 4 is 0 Å². The monoisotopic (exact) mass is 238 g/mol. The summed E-state index contributed by atoms with van der Waals surface area (Å²) in [5.41, 5.74) is 6.39. The maximum atomic E-state index is 5.63. The maximum Gasteiger partial charge on any atom is 0.00105 e.